The maximum Gasteiger partial charge on any atom is 0.195 e. The van der Waals surface area contributed by atoms with Gasteiger partial charge < -0.3 is 0 Å². The number of benzene rings is 1. The van der Waals surface area contributed by atoms with Crippen molar-refractivity contribution in [1.29, 1.82) is 0 Å². The monoisotopic (exact) mass is 202 g/mol. The molecule has 0 aromatic heterocycles. The summed E-state index contributed by atoms with van der Waals surface area (Å²) in [6, 6.07) is 1.92. The Morgan fingerprint density at radius 2 is 1.85 bits per heavy atom. The summed E-state index contributed by atoms with van der Waals surface area (Å²) in [5.74, 6) is 1.03. The van der Waals surface area contributed by atoms with Crippen molar-refractivity contribution in [3.8, 4) is 11.8 Å². The van der Waals surface area contributed by atoms with Crippen molar-refractivity contribution in [3.63, 3.8) is 0 Å². The SMILES string of the molecule is Fc1ccc(C#CCS)c(F)c1F. The fraction of sp³-hybridized carbons (Fsp3) is 0.111. The van der Waals surface area contributed by atoms with Crippen LogP contribution in [0.1, 0.15) is 5.56 Å². The van der Waals surface area contributed by atoms with Crippen molar-refractivity contribution in [3.05, 3.63) is 35.1 Å². The summed E-state index contributed by atoms with van der Waals surface area (Å²) in [6.07, 6.45) is 0. The smallest absolute Gasteiger partial charge is 0.195 e. The summed E-state index contributed by atoms with van der Waals surface area (Å²) in [4.78, 5) is 0. The van der Waals surface area contributed by atoms with Gasteiger partial charge in [0, 0.05) is 0 Å². The van der Waals surface area contributed by atoms with Crippen molar-refractivity contribution < 1.29 is 13.2 Å². The van der Waals surface area contributed by atoms with Gasteiger partial charge >= 0.3 is 0 Å². The first-order chi connectivity index (χ1) is 6.16. The van der Waals surface area contributed by atoms with E-state index in [9.17, 15) is 13.2 Å². The van der Waals surface area contributed by atoms with Crippen molar-refractivity contribution in [2.75, 3.05) is 5.75 Å². The number of rotatable bonds is 0. The van der Waals surface area contributed by atoms with Gasteiger partial charge in [0.25, 0.3) is 0 Å². The highest BCUT2D eigenvalue weighted by molar-refractivity contribution is 7.80. The first-order valence-corrected chi connectivity index (χ1v) is 4.03. The maximum atomic E-state index is 12.8. The predicted molar refractivity (Wildman–Crippen MR) is 47.0 cm³/mol. The largest absolute Gasteiger partial charge is 0.204 e. The molecule has 0 fully saturated rings. The van der Waals surface area contributed by atoms with E-state index >= 15 is 0 Å². The molecule has 1 aromatic carbocycles. The molecule has 0 aliphatic rings. The molecule has 0 radical (unpaired) electrons. The summed E-state index contributed by atoms with van der Waals surface area (Å²) in [6.45, 7) is 0. The molecule has 4 heteroatoms. The van der Waals surface area contributed by atoms with Gasteiger partial charge in [0.1, 0.15) is 0 Å². The van der Waals surface area contributed by atoms with Crippen molar-refractivity contribution >= 4 is 12.6 Å². The minimum Gasteiger partial charge on any atom is -0.204 e. The fourth-order valence-electron chi connectivity index (χ4n) is 0.757. The average Bonchev–Trinajstić information content (AvgIpc) is 2.13. The number of halogens is 3. The van der Waals surface area contributed by atoms with E-state index in [1.54, 1.807) is 0 Å². The zero-order chi connectivity index (χ0) is 9.84. The molecule has 0 nitrogen and oxygen atoms in total. The molecule has 0 bridgehead atoms. The lowest BCUT2D eigenvalue weighted by Crippen LogP contribution is -1.93. The van der Waals surface area contributed by atoms with Gasteiger partial charge in [-0.15, -0.1) is 0 Å². The van der Waals surface area contributed by atoms with E-state index in [2.05, 4.69) is 24.5 Å². The van der Waals surface area contributed by atoms with Crippen LogP contribution in [0, 0.1) is 29.3 Å². The molecular formula is C9H5F3S. The van der Waals surface area contributed by atoms with E-state index in [0.717, 1.165) is 12.1 Å². The number of hydrogen-bond acceptors (Lipinski definition) is 1. The van der Waals surface area contributed by atoms with Crippen LogP contribution in [0.3, 0.4) is 0 Å². The molecule has 0 saturated carbocycles. The molecule has 0 aliphatic heterocycles. The molecule has 1 rings (SSSR count). The minimum atomic E-state index is -1.49. The van der Waals surface area contributed by atoms with Gasteiger partial charge in [0.15, 0.2) is 17.5 Å². The molecule has 0 N–H and O–H groups in total. The third-order valence-corrected chi connectivity index (χ3v) is 1.50. The Labute approximate surface area is 79.2 Å². The van der Waals surface area contributed by atoms with E-state index in [4.69, 9.17) is 0 Å². The lowest BCUT2D eigenvalue weighted by molar-refractivity contribution is 0.446. The van der Waals surface area contributed by atoms with Crippen LogP contribution in [0.2, 0.25) is 0 Å². The van der Waals surface area contributed by atoms with Gasteiger partial charge in [0.05, 0.1) is 11.3 Å². The zero-order valence-electron chi connectivity index (χ0n) is 6.44. The van der Waals surface area contributed by atoms with E-state index in [-0.39, 0.29) is 11.3 Å². The molecule has 0 heterocycles. The summed E-state index contributed by atoms with van der Waals surface area (Å²) < 4.78 is 37.8. The first-order valence-electron chi connectivity index (χ1n) is 3.40. The molecule has 0 aliphatic carbocycles. The Morgan fingerprint density at radius 3 is 2.46 bits per heavy atom. The Balaban J connectivity index is 3.18. The molecular weight excluding hydrogens is 197 g/mol. The Hall–Kier alpha value is -1.08. The maximum absolute atomic E-state index is 12.8. The minimum absolute atomic E-state index is 0.159. The molecule has 0 atom stereocenters. The number of hydrogen-bond donors (Lipinski definition) is 1. The third-order valence-electron chi connectivity index (χ3n) is 1.34. The Morgan fingerprint density at radius 1 is 1.15 bits per heavy atom. The lowest BCUT2D eigenvalue weighted by atomic mass is 10.2. The van der Waals surface area contributed by atoms with Gasteiger partial charge in [-0.25, -0.2) is 13.2 Å². The van der Waals surface area contributed by atoms with E-state index in [1.807, 2.05) is 0 Å². The van der Waals surface area contributed by atoms with E-state index in [0.29, 0.717) is 0 Å². The van der Waals surface area contributed by atoms with Crippen LogP contribution in [-0.4, -0.2) is 5.75 Å². The molecule has 0 saturated heterocycles. The molecule has 1 aromatic rings. The topological polar surface area (TPSA) is 0 Å². The van der Waals surface area contributed by atoms with Crippen LogP contribution in [0.25, 0.3) is 0 Å². The van der Waals surface area contributed by atoms with Gasteiger partial charge in [-0.05, 0) is 12.1 Å². The Bertz CT molecular complexity index is 376. The van der Waals surface area contributed by atoms with Crippen LogP contribution < -0.4 is 0 Å². The molecule has 0 amide bonds. The lowest BCUT2D eigenvalue weighted by Gasteiger charge is -1.96. The molecule has 0 spiro atoms. The highest BCUT2D eigenvalue weighted by Gasteiger charge is 2.11. The summed E-state index contributed by atoms with van der Waals surface area (Å²) in [5, 5.41) is 0. The van der Waals surface area contributed by atoms with Crippen LogP contribution in [0.4, 0.5) is 13.2 Å². The van der Waals surface area contributed by atoms with Crippen LogP contribution in [0.15, 0.2) is 12.1 Å². The summed E-state index contributed by atoms with van der Waals surface area (Å²) in [7, 11) is 0. The van der Waals surface area contributed by atoms with Gasteiger partial charge in [-0.3, -0.25) is 0 Å². The van der Waals surface area contributed by atoms with Crippen molar-refractivity contribution in [1.82, 2.24) is 0 Å². The second-order valence-corrected chi connectivity index (χ2v) is 2.50. The van der Waals surface area contributed by atoms with Crippen LogP contribution >= 0.6 is 12.6 Å². The van der Waals surface area contributed by atoms with Gasteiger partial charge in [0.2, 0.25) is 0 Å². The summed E-state index contributed by atoms with van der Waals surface area (Å²) in [5.41, 5.74) is -0.159. The molecule has 0 unspecified atom stereocenters. The van der Waals surface area contributed by atoms with Crippen molar-refractivity contribution in [2.24, 2.45) is 0 Å². The Kier molecular flexibility index (Phi) is 3.26. The quantitative estimate of drug-likeness (QED) is 0.373. The highest BCUT2D eigenvalue weighted by Crippen LogP contribution is 2.13. The predicted octanol–water partition coefficient (Wildman–Crippen LogP) is 2.39. The second-order valence-electron chi connectivity index (χ2n) is 2.18. The number of thiol groups is 1. The van der Waals surface area contributed by atoms with E-state index < -0.39 is 17.5 Å². The fourth-order valence-corrected chi connectivity index (χ4v) is 0.836. The normalized spacial score (nSPS) is 9.23. The second kappa shape index (κ2) is 4.24. The van der Waals surface area contributed by atoms with Crippen LogP contribution in [-0.2, 0) is 0 Å². The highest BCUT2D eigenvalue weighted by atomic mass is 32.1. The standard InChI is InChI=1S/C9H5F3S/c10-7-4-3-6(2-1-5-13)8(11)9(7)12/h3-4,13H,5H2. The molecule has 68 valence electrons. The van der Waals surface area contributed by atoms with Gasteiger partial charge in [-0.1, -0.05) is 11.8 Å². The van der Waals surface area contributed by atoms with Gasteiger partial charge in [-0.2, -0.15) is 12.6 Å². The van der Waals surface area contributed by atoms with Crippen LogP contribution in [0.5, 0.6) is 0 Å². The third kappa shape index (κ3) is 2.19. The van der Waals surface area contributed by atoms with E-state index in [1.165, 1.54) is 0 Å². The molecule has 13 heavy (non-hydrogen) atoms. The first kappa shape index (κ1) is 10.0. The summed E-state index contributed by atoms with van der Waals surface area (Å²) >= 11 is 3.77. The van der Waals surface area contributed by atoms with Crippen molar-refractivity contribution in [2.45, 2.75) is 0 Å². The zero-order valence-corrected chi connectivity index (χ0v) is 7.34. The average molecular weight is 202 g/mol.